The Hall–Kier alpha value is -2.23. The lowest BCUT2D eigenvalue weighted by Gasteiger charge is -2.41. The van der Waals surface area contributed by atoms with Crippen LogP contribution >= 0.6 is 0 Å². The number of nitrogen functional groups attached to an aromatic ring is 1. The molecule has 3 N–H and O–H groups in total. The lowest BCUT2D eigenvalue weighted by Crippen LogP contribution is -2.55. The number of hydrogen-bond donors (Lipinski definition) is 2. The van der Waals surface area contributed by atoms with Crippen molar-refractivity contribution in [1.29, 1.82) is 0 Å². The predicted octanol–water partition coefficient (Wildman–Crippen LogP) is -0.244. The van der Waals surface area contributed by atoms with Gasteiger partial charge in [-0.05, 0) is 18.2 Å². The number of carbonyl (C=O) groups excluding carboxylic acids is 1. The van der Waals surface area contributed by atoms with E-state index < -0.39 is 21.4 Å². The number of guanidine groups is 1. The van der Waals surface area contributed by atoms with E-state index >= 15 is 0 Å². The summed E-state index contributed by atoms with van der Waals surface area (Å²) in [7, 11) is 2.75. The third-order valence-electron chi connectivity index (χ3n) is 3.97. The first-order chi connectivity index (χ1) is 10.7. The zero-order chi connectivity index (χ0) is 16.8. The van der Waals surface area contributed by atoms with Crippen LogP contribution in [0.3, 0.4) is 0 Å². The molecular formula is C13H15BN4O4S. The molecule has 0 aliphatic carbocycles. The molecule has 3 rings (SSSR count). The Kier molecular flexibility index (Phi) is 3.51. The molecule has 0 saturated heterocycles. The maximum absolute atomic E-state index is 12.5. The van der Waals surface area contributed by atoms with Gasteiger partial charge >= 0.3 is 0 Å². The van der Waals surface area contributed by atoms with Crippen molar-refractivity contribution in [2.24, 2.45) is 4.99 Å². The Morgan fingerprint density at radius 2 is 2.26 bits per heavy atom. The maximum atomic E-state index is 12.5. The van der Waals surface area contributed by atoms with Crippen molar-refractivity contribution >= 4 is 35.3 Å². The van der Waals surface area contributed by atoms with Crippen LogP contribution in [0.1, 0.15) is 12.0 Å². The highest BCUT2D eigenvalue weighted by Crippen LogP contribution is 2.44. The first-order valence-corrected chi connectivity index (χ1v) is 8.50. The van der Waals surface area contributed by atoms with E-state index in [-0.39, 0.29) is 11.7 Å². The zero-order valence-electron chi connectivity index (χ0n) is 12.4. The molecular weight excluding hydrogens is 319 g/mol. The summed E-state index contributed by atoms with van der Waals surface area (Å²) in [6, 6.07) is 5.02. The molecule has 1 aromatic rings. The standard InChI is InChI=1S/C13H15BN4O4S/c1-18-12(16-11(14)19)17-13(7-23(18,20)21)4-5-22-10-3-2-8(15)6-9(10)13/h2-3,6H,4-5,7,15H2,1H3,(H,16,17,19)/t13-/m0/s1. The van der Waals surface area contributed by atoms with E-state index in [1.54, 1.807) is 18.2 Å². The van der Waals surface area contributed by atoms with Gasteiger partial charge in [-0.2, -0.15) is 0 Å². The Balaban J connectivity index is 2.20. The molecule has 0 bridgehead atoms. The van der Waals surface area contributed by atoms with Crippen LogP contribution in [0.25, 0.3) is 0 Å². The van der Waals surface area contributed by atoms with Gasteiger partial charge in [0.15, 0.2) is 5.81 Å². The van der Waals surface area contributed by atoms with E-state index in [1.165, 1.54) is 7.05 Å². The zero-order valence-corrected chi connectivity index (χ0v) is 13.3. The summed E-state index contributed by atoms with van der Waals surface area (Å²) in [5.74, 6) is -0.700. The fraction of sp³-hybridized carbons (Fsp3) is 0.385. The summed E-state index contributed by atoms with van der Waals surface area (Å²) < 4.78 is 31.5. The molecule has 0 fully saturated rings. The number of benzene rings is 1. The summed E-state index contributed by atoms with van der Waals surface area (Å²) in [4.78, 5) is 15.6. The quantitative estimate of drug-likeness (QED) is 0.502. The van der Waals surface area contributed by atoms with Gasteiger partial charge < -0.3 is 15.8 Å². The van der Waals surface area contributed by atoms with Crippen molar-refractivity contribution < 1.29 is 17.9 Å². The number of aliphatic imine (C=N–C) groups is 1. The number of nitrogens with zero attached hydrogens (tertiary/aromatic N) is 2. The molecule has 1 amide bonds. The third-order valence-corrected chi connectivity index (χ3v) is 5.82. The summed E-state index contributed by atoms with van der Waals surface area (Å²) in [5, 5.41) is 2.27. The number of sulfonamides is 1. The second-order valence-electron chi connectivity index (χ2n) is 5.53. The summed E-state index contributed by atoms with van der Waals surface area (Å²) in [6.07, 6.45) is 0.348. The minimum atomic E-state index is -3.68. The van der Waals surface area contributed by atoms with Gasteiger partial charge in [0.05, 0.1) is 12.4 Å². The molecule has 0 saturated carbocycles. The smallest absolute Gasteiger partial charge is 0.239 e. The number of rotatable bonds is 0. The number of nitrogens with one attached hydrogen (secondary N) is 1. The molecule has 10 heteroatoms. The number of anilines is 1. The highest BCUT2D eigenvalue weighted by Gasteiger charge is 2.47. The van der Waals surface area contributed by atoms with Crippen LogP contribution in [0.4, 0.5) is 10.5 Å². The van der Waals surface area contributed by atoms with E-state index in [4.69, 9.17) is 18.3 Å². The molecule has 2 heterocycles. The van der Waals surface area contributed by atoms with Crippen LogP contribution < -0.4 is 15.8 Å². The highest BCUT2D eigenvalue weighted by atomic mass is 32.2. The maximum Gasteiger partial charge on any atom is 0.239 e. The molecule has 0 unspecified atom stereocenters. The van der Waals surface area contributed by atoms with Gasteiger partial charge in [0, 0.05) is 24.7 Å². The average Bonchev–Trinajstić information content (AvgIpc) is 2.45. The Morgan fingerprint density at radius 1 is 1.52 bits per heavy atom. The molecule has 8 nitrogen and oxygen atoms in total. The SMILES string of the molecule is [B]C(=O)NC1=N[C@@]2(CCOc3ccc(N)cc32)CS(=O)(=O)N1C. The fourth-order valence-electron chi connectivity index (χ4n) is 2.82. The monoisotopic (exact) mass is 334 g/mol. The third kappa shape index (κ3) is 2.63. The van der Waals surface area contributed by atoms with Gasteiger partial charge in [-0.1, -0.05) is 0 Å². The van der Waals surface area contributed by atoms with Crippen LogP contribution in [0.2, 0.25) is 0 Å². The highest BCUT2D eigenvalue weighted by molar-refractivity contribution is 7.89. The van der Waals surface area contributed by atoms with Crippen molar-refractivity contribution in [3.05, 3.63) is 23.8 Å². The fourth-order valence-corrected chi connectivity index (χ4v) is 4.33. The number of ether oxygens (including phenoxy) is 1. The van der Waals surface area contributed by atoms with Crippen LogP contribution in [0.15, 0.2) is 23.2 Å². The largest absolute Gasteiger partial charge is 0.493 e. The predicted molar refractivity (Wildman–Crippen MR) is 85.9 cm³/mol. The van der Waals surface area contributed by atoms with Crippen LogP contribution in [-0.2, 0) is 15.6 Å². The second kappa shape index (κ2) is 5.15. The first kappa shape index (κ1) is 15.7. The summed E-state index contributed by atoms with van der Waals surface area (Å²) >= 11 is 0. The number of amides is 1. The Labute approximate surface area is 135 Å². The van der Waals surface area contributed by atoms with Crippen LogP contribution in [0.5, 0.6) is 5.75 Å². The normalized spacial score (nSPS) is 25.3. The van der Waals surface area contributed by atoms with E-state index in [0.717, 1.165) is 4.31 Å². The van der Waals surface area contributed by atoms with E-state index in [2.05, 4.69) is 10.3 Å². The molecule has 1 aromatic carbocycles. The van der Waals surface area contributed by atoms with Gasteiger partial charge in [0.2, 0.25) is 23.8 Å². The Morgan fingerprint density at radius 3 is 2.96 bits per heavy atom. The molecule has 0 aromatic heterocycles. The number of nitrogens with two attached hydrogens (primary N) is 1. The van der Waals surface area contributed by atoms with Gasteiger partial charge in [0.25, 0.3) is 0 Å². The number of fused-ring (bicyclic) bond motifs is 2. The van der Waals surface area contributed by atoms with Crippen LogP contribution in [0, 0.1) is 0 Å². The minimum Gasteiger partial charge on any atom is -0.493 e. The molecule has 2 aliphatic heterocycles. The molecule has 2 aliphatic rings. The van der Waals surface area contributed by atoms with Gasteiger partial charge in [0.1, 0.15) is 11.3 Å². The van der Waals surface area contributed by atoms with Crippen molar-refractivity contribution in [2.75, 3.05) is 25.1 Å². The van der Waals surface area contributed by atoms with Gasteiger partial charge in [-0.3, -0.25) is 4.79 Å². The minimum absolute atomic E-state index is 0.112. The number of carbonyl (C=O) groups is 1. The lowest BCUT2D eigenvalue weighted by molar-refractivity contribution is 0.226. The molecule has 2 radical (unpaired) electrons. The van der Waals surface area contributed by atoms with Crippen molar-refractivity contribution in [2.45, 2.75) is 12.0 Å². The Bertz CT molecular complexity index is 810. The molecule has 1 spiro atoms. The van der Waals surface area contributed by atoms with Crippen LogP contribution in [-0.4, -0.2) is 51.7 Å². The topological polar surface area (TPSA) is 114 Å². The summed E-state index contributed by atoms with van der Waals surface area (Å²) in [5.41, 5.74) is 5.83. The van der Waals surface area contributed by atoms with Crippen molar-refractivity contribution in [1.82, 2.24) is 9.62 Å². The lowest BCUT2D eigenvalue weighted by atomic mass is 9.86. The number of hydrogen-bond acceptors (Lipinski definition) is 6. The van der Waals surface area contributed by atoms with Crippen molar-refractivity contribution in [3.8, 4) is 5.75 Å². The van der Waals surface area contributed by atoms with Gasteiger partial charge in [-0.15, -0.1) is 0 Å². The van der Waals surface area contributed by atoms with E-state index in [0.29, 0.717) is 30.0 Å². The van der Waals surface area contributed by atoms with Gasteiger partial charge in [-0.25, -0.2) is 17.7 Å². The second-order valence-corrected chi connectivity index (χ2v) is 7.53. The average molecular weight is 334 g/mol. The summed E-state index contributed by atoms with van der Waals surface area (Å²) in [6.45, 7) is 0.309. The van der Waals surface area contributed by atoms with E-state index in [9.17, 15) is 13.2 Å². The van der Waals surface area contributed by atoms with Crippen molar-refractivity contribution in [3.63, 3.8) is 0 Å². The molecule has 120 valence electrons. The van der Waals surface area contributed by atoms with E-state index in [1.807, 2.05) is 0 Å². The molecule has 23 heavy (non-hydrogen) atoms. The molecule has 1 atom stereocenters. The first-order valence-electron chi connectivity index (χ1n) is 6.89.